The molecule has 0 fully saturated rings. The molecule has 5 heteroatoms. The molecule has 0 spiro atoms. The van der Waals surface area contributed by atoms with Crippen molar-refractivity contribution in [1.82, 2.24) is 0 Å². The number of nitrogens with zero attached hydrogens (tertiary/aromatic N) is 1. The first-order chi connectivity index (χ1) is 10.0. The minimum absolute atomic E-state index is 0.314. The molecule has 0 unspecified atom stereocenters. The molecule has 0 aliphatic rings. The third kappa shape index (κ3) is 3.33. The van der Waals surface area contributed by atoms with Crippen LogP contribution in [0.5, 0.6) is 5.75 Å². The second kappa shape index (κ2) is 6.29. The average Bonchev–Trinajstić information content (AvgIpc) is 2.49. The highest BCUT2D eigenvalue weighted by atomic mass is 35.5. The number of carbonyl (C=O) groups is 1. The highest BCUT2D eigenvalue weighted by Gasteiger charge is 2.14. The van der Waals surface area contributed by atoms with Gasteiger partial charge in [0, 0.05) is 0 Å². The number of halogens is 1. The largest absolute Gasteiger partial charge is 0.496 e. The molecule has 21 heavy (non-hydrogen) atoms. The number of hydrogen-bond acceptors (Lipinski definition) is 3. The molecule has 0 radical (unpaired) electrons. The lowest BCUT2D eigenvalue weighted by molar-refractivity contribution is 0.102. The molecule has 0 aliphatic heterocycles. The zero-order chi connectivity index (χ0) is 15.4. The topological polar surface area (TPSA) is 62.1 Å². The van der Waals surface area contributed by atoms with Gasteiger partial charge in [0.1, 0.15) is 5.75 Å². The Hall–Kier alpha value is -2.51. The van der Waals surface area contributed by atoms with E-state index in [1.165, 1.54) is 13.2 Å². The van der Waals surface area contributed by atoms with E-state index in [9.17, 15) is 4.79 Å². The first kappa shape index (κ1) is 14.9. The van der Waals surface area contributed by atoms with E-state index in [-0.39, 0.29) is 5.91 Å². The third-order valence-corrected chi connectivity index (χ3v) is 3.26. The van der Waals surface area contributed by atoms with E-state index >= 15 is 0 Å². The lowest BCUT2D eigenvalue weighted by atomic mass is 10.1. The highest BCUT2D eigenvalue weighted by Crippen LogP contribution is 2.25. The average molecular weight is 301 g/mol. The van der Waals surface area contributed by atoms with Gasteiger partial charge in [-0.05, 0) is 37.3 Å². The van der Waals surface area contributed by atoms with E-state index in [1.54, 1.807) is 24.3 Å². The van der Waals surface area contributed by atoms with Crippen LogP contribution in [0, 0.1) is 18.3 Å². The SMILES string of the molecule is COc1ccc(C)cc1C(=O)Nc1ccc(C#N)cc1Cl. The summed E-state index contributed by atoms with van der Waals surface area (Å²) in [6, 6.07) is 12.0. The highest BCUT2D eigenvalue weighted by molar-refractivity contribution is 6.34. The van der Waals surface area contributed by atoms with Crippen LogP contribution in [0.3, 0.4) is 0 Å². The van der Waals surface area contributed by atoms with E-state index < -0.39 is 0 Å². The number of nitriles is 1. The van der Waals surface area contributed by atoms with Crippen molar-refractivity contribution in [2.75, 3.05) is 12.4 Å². The quantitative estimate of drug-likeness (QED) is 0.938. The molecule has 106 valence electrons. The van der Waals surface area contributed by atoms with E-state index in [0.29, 0.717) is 27.6 Å². The van der Waals surface area contributed by atoms with Crippen molar-refractivity contribution in [2.45, 2.75) is 6.92 Å². The number of aryl methyl sites for hydroxylation is 1. The first-order valence-corrected chi connectivity index (χ1v) is 6.58. The van der Waals surface area contributed by atoms with Crippen LogP contribution in [0.4, 0.5) is 5.69 Å². The second-order valence-corrected chi connectivity index (χ2v) is 4.87. The molecule has 0 aliphatic carbocycles. The van der Waals surface area contributed by atoms with E-state index in [1.807, 2.05) is 19.1 Å². The number of nitrogens with one attached hydrogen (secondary N) is 1. The van der Waals surface area contributed by atoms with Crippen LogP contribution in [-0.4, -0.2) is 13.0 Å². The van der Waals surface area contributed by atoms with Gasteiger partial charge in [0.25, 0.3) is 5.91 Å². The molecule has 0 aromatic heterocycles. The van der Waals surface area contributed by atoms with Crippen molar-refractivity contribution in [3.05, 3.63) is 58.1 Å². The predicted octanol–water partition coefficient (Wildman–Crippen LogP) is 3.78. The van der Waals surface area contributed by atoms with Crippen LogP contribution in [0.1, 0.15) is 21.5 Å². The molecule has 4 nitrogen and oxygen atoms in total. The number of rotatable bonds is 3. The molecular formula is C16H13ClN2O2. The summed E-state index contributed by atoms with van der Waals surface area (Å²) in [7, 11) is 1.51. The lowest BCUT2D eigenvalue weighted by Crippen LogP contribution is -2.13. The summed E-state index contributed by atoms with van der Waals surface area (Å²) in [6.07, 6.45) is 0. The molecule has 1 amide bonds. The molecule has 2 rings (SSSR count). The lowest BCUT2D eigenvalue weighted by Gasteiger charge is -2.11. The van der Waals surface area contributed by atoms with Gasteiger partial charge >= 0.3 is 0 Å². The van der Waals surface area contributed by atoms with Crippen molar-refractivity contribution < 1.29 is 9.53 Å². The Bertz CT molecular complexity index is 736. The fourth-order valence-electron chi connectivity index (χ4n) is 1.87. The molecule has 0 heterocycles. The van der Waals surface area contributed by atoms with E-state index in [4.69, 9.17) is 21.6 Å². The van der Waals surface area contributed by atoms with Gasteiger partial charge in [0.15, 0.2) is 0 Å². The summed E-state index contributed by atoms with van der Waals surface area (Å²) in [5.41, 5.74) is 2.26. The minimum Gasteiger partial charge on any atom is -0.496 e. The Kier molecular flexibility index (Phi) is 4.46. The van der Waals surface area contributed by atoms with Crippen LogP contribution in [0.2, 0.25) is 5.02 Å². The fourth-order valence-corrected chi connectivity index (χ4v) is 2.10. The van der Waals surface area contributed by atoms with Gasteiger partial charge in [0.05, 0.1) is 35.0 Å². The van der Waals surface area contributed by atoms with Crippen molar-refractivity contribution in [3.8, 4) is 11.8 Å². The number of anilines is 1. The Morgan fingerprint density at radius 1 is 1.29 bits per heavy atom. The summed E-state index contributed by atoms with van der Waals surface area (Å²) in [4.78, 5) is 12.3. The molecule has 0 saturated carbocycles. The molecule has 2 aromatic rings. The van der Waals surface area contributed by atoms with Crippen LogP contribution in [0.25, 0.3) is 0 Å². The zero-order valence-corrected chi connectivity index (χ0v) is 12.4. The predicted molar refractivity (Wildman–Crippen MR) is 81.9 cm³/mol. The number of ether oxygens (including phenoxy) is 1. The van der Waals surface area contributed by atoms with Crippen LogP contribution < -0.4 is 10.1 Å². The van der Waals surface area contributed by atoms with Crippen molar-refractivity contribution in [1.29, 1.82) is 5.26 Å². The van der Waals surface area contributed by atoms with Gasteiger partial charge < -0.3 is 10.1 Å². The number of amides is 1. The number of benzene rings is 2. The van der Waals surface area contributed by atoms with E-state index in [2.05, 4.69) is 5.32 Å². The molecule has 1 N–H and O–H groups in total. The van der Waals surface area contributed by atoms with Gasteiger partial charge in [-0.2, -0.15) is 5.26 Å². The van der Waals surface area contributed by atoms with Crippen LogP contribution in [-0.2, 0) is 0 Å². The Morgan fingerprint density at radius 3 is 2.67 bits per heavy atom. The first-order valence-electron chi connectivity index (χ1n) is 6.21. The summed E-state index contributed by atoms with van der Waals surface area (Å²) in [5, 5.41) is 11.8. The number of methoxy groups -OCH3 is 1. The smallest absolute Gasteiger partial charge is 0.259 e. The summed E-state index contributed by atoms with van der Waals surface area (Å²) in [6.45, 7) is 1.89. The molecule has 0 bridgehead atoms. The standard InChI is InChI=1S/C16H13ClN2O2/c1-10-3-6-15(21-2)12(7-10)16(20)19-14-5-4-11(9-18)8-13(14)17/h3-8H,1-2H3,(H,19,20). The van der Waals surface area contributed by atoms with E-state index in [0.717, 1.165) is 5.56 Å². The Morgan fingerprint density at radius 2 is 2.05 bits per heavy atom. The molecule has 2 aromatic carbocycles. The van der Waals surface area contributed by atoms with Crippen molar-refractivity contribution in [2.24, 2.45) is 0 Å². The molecule has 0 saturated heterocycles. The molecule has 0 atom stereocenters. The number of carbonyl (C=O) groups excluding carboxylic acids is 1. The van der Waals surface area contributed by atoms with Gasteiger partial charge in [-0.25, -0.2) is 0 Å². The Balaban J connectivity index is 2.30. The fraction of sp³-hybridized carbons (Fsp3) is 0.125. The van der Waals surface area contributed by atoms with Crippen molar-refractivity contribution >= 4 is 23.2 Å². The van der Waals surface area contributed by atoms with Gasteiger partial charge in [-0.15, -0.1) is 0 Å². The van der Waals surface area contributed by atoms with Gasteiger partial charge in [-0.1, -0.05) is 23.2 Å². The van der Waals surface area contributed by atoms with Crippen LogP contribution in [0.15, 0.2) is 36.4 Å². The maximum absolute atomic E-state index is 12.3. The summed E-state index contributed by atoms with van der Waals surface area (Å²) >= 11 is 6.05. The monoisotopic (exact) mass is 300 g/mol. The maximum Gasteiger partial charge on any atom is 0.259 e. The number of hydrogen-bond donors (Lipinski definition) is 1. The van der Waals surface area contributed by atoms with Crippen LogP contribution >= 0.6 is 11.6 Å². The zero-order valence-electron chi connectivity index (χ0n) is 11.6. The van der Waals surface area contributed by atoms with Gasteiger partial charge in [0.2, 0.25) is 0 Å². The molecular weight excluding hydrogens is 288 g/mol. The van der Waals surface area contributed by atoms with Crippen molar-refractivity contribution in [3.63, 3.8) is 0 Å². The minimum atomic E-state index is -0.317. The maximum atomic E-state index is 12.3. The summed E-state index contributed by atoms with van der Waals surface area (Å²) < 4.78 is 5.19. The van der Waals surface area contributed by atoms with Gasteiger partial charge in [-0.3, -0.25) is 4.79 Å². The third-order valence-electron chi connectivity index (χ3n) is 2.95. The summed E-state index contributed by atoms with van der Waals surface area (Å²) in [5.74, 6) is 0.171. The second-order valence-electron chi connectivity index (χ2n) is 4.46. The normalized spacial score (nSPS) is 9.81. The Labute approximate surface area is 127 Å².